The summed E-state index contributed by atoms with van der Waals surface area (Å²) in [4.78, 5) is 56.1. The number of hydrogen-bond donors (Lipinski definition) is 0. The van der Waals surface area contributed by atoms with Crippen molar-refractivity contribution >= 4 is 34.4 Å². The van der Waals surface area contributed by atoms with E-state index in [1.54, 1.807) is 24.3 Å². The Balaban J connectivity index is 1.42. The Kier molecular flexibility index (Phi) is 5.39. The highest BCUT2D eigenvalue weighted by Crippen LogP contribution is 2.45. The largest absolute Gasteiger partial charge is 0.391 e. The second-order valence-corrected chi connectivity index (χ2v) is 11.1. The number of alkyl halides is 3. The van der Waals surface area contributed by atoms with Crippen LogP contribution in [0.4, 0.5) is 13.2 Å². The summed E-state index contributed by atoms with van der Waals surface area (Å²) in [5, 5.41) is 0.653. The van der Waals surface area contributed by atoms with E-state index in [0.717, 1.165) is 32.1 Å². The van der Waals surface area contributed by atoms with Crippen molar-refractivity contribution < 1.29 is 36.8 Å². The van der Waals surface area contributed by atoms with Crippen LogP contribution in [0.3, 0.4) is 0 Å². The first-order valence-corrected chi connectivity index (χ1v) is 13.1. The average Bonchev–Trinajstić information content (AvgIpc) is 2.89. The molecule has 2 fully saturated rings. The maximum absolute atomic E-state index is 13.9. The Labute approximate surface area is 212 Å². The summed E-state index contributed by atoms with van der Waals surface area (Å²) < 4.78 is 39.1. The molecule has 194 valence electrons. The van der Waals surface area contributed by atoms with Crippen molar-refractivity contribution in [3.63, 3.8) is 0 Å². The van der Waals surface area contributed by atoms with Crippen molar-refractivity contribution in [3.8, 4) is 0 Å². The summed E-state index contributed by atoms with van der Waals surface area (Å²) >= 11 is 0. The molecule has 2 aliphatic heterocycles. The first kappa shape index (κ1) is 24.3. The van der Waals surface area contributed by atoms with Crippen molar-refractivity contribution in [2.75, 3.05) is 7.05 Å². The molecule has 2 aromatic carbocycles. The highest BCUT2D eigenvalue weighted by atomic mass is 19.4. The predicted molar refractivity (Wildman–Crippen MR) is 128 cm³/mol. The van der Waals surface area contributed by atoms with E-state index in [4.69, 9.17) is 0 Å². The molecule has 0 radical (unpaired) electrons. The predicted octanol–water partition coefficient (Wildman–Crippen LogP) is 5.63. The van der Waals surface area contributed by atoms with Gasteiger partial charge < -0.3 is 0 Å². The average molecular weight is 514 g/mol. The summed E-state index contributed by atoms with van der Waals surface area (Å²) in [6.45, 7) is 0. The topological polar surface area (TPSA) is 71.5 Å². The van der Waals surface area contributed by atoms with Crippen LogP contribution in [0.25, 0.3) is 10.8 Å². The fourth-order valence-electron chi connectivity index (χ4n) is 7.07. The quantitative estimate of drug-likeness (QED) is 0.386. The first-order valence-electron chi connectivity index (χ1n) is 13.1. The van der Waals surface area contributed by atoms with Crippen LogP contribution in [0.5, 0.6) is 0 Å². The van der Waals surface area contributed by atoms with Gasteiger partial charge in [0, 0.05) is 40.8 Å². The number of carbonyl (C=O) groups is 4. The number of halogens is 3. The second kappa shape index (κ2) is 8.21. The van der Waals surface area contributed by atoms with Gasteiger partial charge in [0.05, 0.1) is 24.1 Å². The third-order valence-corrected chi connectivity index (χ3v) is 9.19. The lowest BCUT2D eigenvalue weighted by Gasteiger charge is -2.43. The number of nitrogens with zero attached hydrogens (tertiary/aromatic N) is 2. The van der Waals surface area contributed by atoms with Crippen molar-refractivity contribution in [2.45, 2.75) is 76.0 Å². The number of hydrogen-bond acceptors (Lipinski definition) is 4. The molecule has 6 nitrogen and oxygen atoms in total. The summed E-state index contributed by atoms with van der Waals surface area (Å²) in [6, 6.07) is 5.48. The van der Waals surface area contributed by atoms with Gasteiger partial charge in [0.25, 0.3) is 11.8 Å². The van der Waals surface area contributed by atoms with Gasteiger partial charge in [-0.15, -0.1) is 0 Å². The Morgan fingerprint density at radius 2 is 1.16 bits per heavy atom. The summed E-state index contributed by atoms with van der Waals surface area (Å²) in [7, 11) is 1.49. The normalized spacial score (nSPS) is 26.2. The summed E-state index contributed by atoms with van der Waals surface area (Å²) in [5.74, 6) is -3.21. The van der Waals surface area contributed by atoms with Crippen LogP contribution in [0, 0.1) is 5.92 Å². The van der Waals surface area contributed by atoms with E-state index in [-0.39, 0.29) is 42.9 Å². The Bertz CT molecular complexity index is 1300. The number of imide groups is 2. The molecule has 0 bridgehead atoms. The van der Waals surface area contributed by atoms with Crippen LogP contribution >= 0.6 is 0 Å². The minimum Gasteiger partial charge on any atom is -0.271 e. The van der Waals surface area contributed by atoms with Crippen molar-refractivity contribution in [2.24, 2.45) is 5.92 Å². The smallest absolute Gasteiger partial charge is 0.271 e. The van der Waals surface area contributed by atoms with E-state index in [1.807, 2.05) is 0 Å². The van der Waals surface area contributed by atoms with Gasteiger partial charge in [0.2, 0.25) is 0 Å². The first-order chi connectivity index (χ1) is 17.5. The van der Waals surface area contributed by atoms with Gasteiger partial charge in [-0.05, 0) is 49.9 Å². The fourth-order valence-corrected chi connectivity index (χ4v) is 7.07. The number of amides is 4. The number of benzene rings is 2. The van der Waals surface area contributed by atoms with Gasteiger partial charge in [-0.25, -0.2) is 9.59 Å². The van der Waals surface area contributed by atoms with Crippen LogP contribution in [-0.4, -0.2) is 58.3 Å². The number of rotatable bonds is 2. The zero-order valence-corrected chi connectivity index (χ0v) is 20.6. The van der Waals surface area contributed by atoms with Crippen molar-refractivity contribution in [3.05, 3.63) is 46.5 Å². The molecule has 9 heteroatoms. The number of carbonyl (C=O) groups excluding carboxylic acids is 4. The zero-order chi connectivity index (χ0) is 26.3. The van der Waals surface area contributed by atoms with Gasteiger partial charge in [0.1, 0.15) is 6.04 Å². The van der Waals surface area contributed by atoms with Gasteiger partial charge in [-0.2, -0.15) is 17.7 Å². The Morgan fingerprint density at radius 3 is 1.65 bits per heavy atom. The fraction of sp³-hybridized carbons (Fsp3) is 0.500. The SMILES string of the molecule is C[N+]1(C2CCC(C(F)(F)F)CC2)C(=O)c2ccc3c4c(ccc(c24)C1=O)C(=O)N(C1CCCCC1)C3=O. The molecule has 0 N–H and O–H groups in total. The number of quaternary nitrogens is 1. The lowest BCUT2D eigenvalue weighted by molar-refractivity contribution is -0.775. The van der Waals surface area contributed by atoms with Crippen LogP contribution in [-0.2, 0) is 0 Å². The van der Waals surface area contributed by atoms with Gasteiger partial charge in [-0.3, -0.25) is 14.5 Å². The third kappa shape index (κ3) is 3.35. The molecular weight excluding hydrogens is 485 g/mol. The second-order valence-electron chi connectivity index (χ2n) is 11.1. The molecule has 6 rings (SSSR count). The molecule has 4 amide bonds. The van der Waals surface area contributed by atoms with Gasteiger partial charge in [0.15, 0.2) is 0 Å². The molecule has 4 aliphatic rings. The van der Waals surface area contributed by atoms with Crippen LogP contribution in [0.1, 0.15) is 99.2 Å². The van der Waals surface area contributed by atoms with Gasteiger partial charge >= 0.3 is 18.0 Å². The van der Waals surface area contributed by atoms with E-state index < -0.39 is 46.2 Å². The standard InChI is InChI=1S/C28H28F3N2O4/c1-33(17-9-7-15(8-10-17)28(29,30)31)26(36)20-13-11-18-22-19(12-14-21(23(20)22)27(33)37)25(35)32(24(18)34)16-5-3-2-4-6-16/h11-17H,2-10H2,1H3/q+1. The van der Waals surface area contributed by atoms with E-state index in [9.17, 15) is 32.3 Å². The molecule has 0 spiro atoms. The zero-order valence-electron chi connectivity index (χ0n) is 20.6. The monoisotopic (exact) mass is 513 g/mol. The van der Waals surface area contributed by atoms with Crippen LogP contribution < -0.4 is 0 Å². The molecular formula is C28H28F3N2O4+. The molecule has 2 saturated carbocycles. The molecule has 37 heavy (non-hydrogen) atoms. The molecule has 2 aliphatic carbocycles. The van der Waals surface area contributed by atoms with Crippen molar-refractivity contribution in [1.29, 1.82) is 0 Å². The minimum absolute atomic E-state index is 0.111. The maximum atomic E-state index is 13.9. The summed E-state index contributed by atoms with van der Waals surface area (Å²) in [5.41, 5.74) is 1.09. The Morgan fingerprint density at radius 1 is 0.703 bits per heavy atom. The van der Waals surface area contributed by atoms with Crippen LogP contribution in [0.15, 0.2) is 24.3 Å². The van der Waals surface area contributed by atoms with E-state index >= 15 is 0 Å². The third-order valence-electron chi connectivity index (χ3n) is 9.19. The Hall–Kier alpha value is -3.07. The van der Waals surface area contributed by atoms with Crippen molar-refractivity contribution in [1.82, 2.24) is 4.90 Å². The van der Waals surface area contributed by atoms with E-state index in [0.29, 0.717) is 21.9 Å². The van der Waals surface area contributed by atoms with E-state index in [2.05, 4.69) is 0 Å². The molecule has 0 atom stereocenters. The minimum atomic E-state index is -4.29. The molecule has 2 aromatic rings. The highest BCUT2D eigenvalue weighted by Gasteiger charge is 2.55. The summed E-state index contributed by atoms with van der Waals surface area (Å²) in [6.07, 6.45) is 0.183. The maximum Gasteiger partial charge on any atom is 0.391 e. The lowest BCUT2D eigenvalue weighted by Crippen LogP contribution is -2.62. The molecule has 0 aromatic heterocycles. The van der Waals surface area contributed by atoms with Crippen LogP contribution in [0.2, 0.25) is 0 Å². The lowest BCUT2D eigenvalue weighted by atomic mass is 9.80. The van der Waals surface area contributed by atoms with E-state index in [1.165, 1.54) is 11.9 Å². The molecule has 2 heterocycles. The highest BCUT2D eigenvalue weighted by molar-refractivity contribution is 6.31. The molecule has 0 unspecified atom stereocenters. The van der Waals surface area contributed by atoms with Gasteiger partial charge in [-0.1, -0.05) is 19.3 Å². The molecule has 0 saturated heterocycles.